The van der Waals surface area contributed by atoms with Gasteiger partial charge in [-0.2, -0.15) is 0 Å². The van der Waals surface area contributed by atoms with Crippen LogP contribution in [0, 0.1) is 0 Å². The standard InChI is InChI=1S/C43H46N10O7S/c1-3-59-42(57)37-38(55)36(61-41(37)50-30-7-5-4-6-8-30)20-26-9-14-35(34(54)19-26)60-18-17-53(45)25-29(44)24-49-40(56)28-21-32(46-2)23-33(22-28)52-43(58)51-31-12-10-27(11-13-31)39-47-15-16-48-39/h4-14,19-23,25,46,54-55H,3,15-18,24,44-45H2,1-2H3,(H,47,48)(H,49,56)(H2,51,52,58)/b29-25-,36-20-,50-41?. The van der Waals surface area contributed by atoms with Crippen LogP contribution in [0.25, 0.3) is 6.08 Å². The third kappa shape index (κ3) is 11.8. The number of benzene rings is 4. The van der Waals surface area contributed by atoms with Crippen LogP contribution in [-0.4, -0.2) is 90.4 Å². The molecule has 0 bridgehead atoms. The lowest BCUT2D eigenvalue weighted by Gasteiger charge is -2.16. The van der Waals surface area contributed by atoms with Gasteiger partial charge in [-0.05, 0) is 85.3 Å². The van der Waals surface area contributed by atoms with Crippen LogP contribution in [0.5, 0.6) is 11.5 Å². The maximum absolute atomic E-state index is 13.1. The summed E-state index contributed by atoms with van der Waals surface area (Å²) >= 11 is 1.11. The Morgan fingerprint density at radius 1 is 0.984 bits per heavy atom. The molecule has 0 spiro atoms. The van der Waals surface area contributed by atoms with Gasteiger partial charge >= 0.3 is 12.0 Å². The van der Waals surface area contributed by atoms with Gasteiger partial charge in [-0.25, -0.2) is 20.4 Å². The topological polar surface area (TPSA) is 250 Å². The number of phenolic OH excluding ortho intramolecular Hbond substituents is 1. The summed E-state index contributed by atoms with van der Waals surface area (Å²) in [5.41, 5.74) is 10.3. The van der Waals surface area contributed by atoms with E-state index in [1.165, 1.54) is 17.3 Å². The molecule has 11 N–H and O–H groups in total. The molecule has 0 atom stereocenters. The quantitative estimate of drug-likeness (QED) is 0.0390. The van der Waals surface area contributed by atoms with Crippen LogP contribution in [0.15, 0.2) is 129 Å². The van der Waals surface area contributed by atoms with E-state index in [-0.39, 0.29) is 65.4 Å². The third-order valence-corrected chi connectivity index (χ3v) is 9.88. The van der Waals surface area contributed by atoms with Crippen molar-refractivity contribution in [3.63, 3.8) is 0 Å². The summed E-state index contributed by atoms with van der Waals surface area (Å²) in [4.78, 5) is 47.9. The Hall–Kier alpha value is -7.44. The predicted molar refractivity (Wildman–Crippen MR) is 239 cm³/mol. The highest BCUT2D eigenvalue weighted by atomic mass is 32.2. The lowest BCUT2D eigenvalue weighted by atomic mass is 10.1. The lowest BCUT2D eigenvalue weighted by molar-refractivity contribution is -0.138. The molecule has 3 amide bonds. The van der Waals surface area contributed by atoms with Gasteiger partial charge in [-0.1, -0.05) is 36.0 Å². The number of amides is 3. The highest BCUT2D eigenvalue weighted by molar-refractivity contribution is 8.18. The Balaban J connectivity index is 0.985. The van der Waals surface area contributed by atoms with Crippen molar-refractivity contribution in [2.75, 3.05) is 62.4 Å². The number of rotatable bonds is 16. The van der Waals surface area contributed by atoms with Gasteiger partial charge in [0.15, 0.2) is 11.5 Å². The number of carbonyl (C=O) groups is 3. The normalized spacial score (nSPS) is 14.9. The van der Waals surface area contributed by atoms with Crippen molar-refractivity contribution >= 4 is 69.4 Å². The average molecular weight is 847 g/mol. The largest absolute Gasteiger partial charge is 0.506 e. The number of aromatic hydroxyl groups is 1. The zero-order valence-corrected chi connectivity index (χ0v) is 34.2. The molecule has 61 heavy (non-hydrogen) atoms. The van der Waals surface area contributed by atoms with E-state index < -0.39 is 17.9 Å². The number of amidine groups is 1. The lowest BCUT2D eigenvalue weighted by Crippen LogP contribution is -2.33. The molecule has 0 aromatic heterocycles. The van der Waals surface area contributed by atoms with E-state index in [4.69, 9.17) is 21.1 Å². The van der Waals surface area contributed by atoms with Crippen molar-refractivity contribution < 1.29 is 34.1 Å². The molecule has 0 radical (unpaired) electrons. The number of aliphatic hydroxyl groups excluding tert-OH is 1. The molecule has 4 aromatic carbocycles. The van der Waals surface area contributed by atoms with Gasteiger partial charge in [0, 0.05) is 53.7 Å². The van der Waals surface area contributed by atoms with Gasteiger partial charge in [0.1, 0.15) is 28.8 Å². The maximum Gasteiger partial charge on any atom is 0.344 e. The number of nitrogens with two attached hydrogens (primary N) is 2. The van der Waals surface area contributed by atoms with Crippen LogP contribution in [0.1, 0.15) is 28.4 Å². The minimum absolute atomic E-state index is 0.0278. The second-order valence-corrected chi connectivity index (χ2v) is 14.4. The summed E-state index contributed by atoms with van der Waals surface area (Å²) in [6, 6.07) is 25.4. The first kappa shape index (κ1) is 43.1. The van der Waals surface area contributed by atoms with Crippen molar-refractivity contribution in [1.29, 1.82) is 0 Å². The first-order valence-corrected chi connectivity index (χ1v) is 20.0. The molecular formula is C43H46N10O7S. The number of phenols is 1. The van der Waals surface area contributed by atoms with Gasteiger partial charge < -0.3 is 57.0 Å². The summed E-state index contributed by atoms with van der Waals surface area (Å²) in [6.07, 6.45) is 3.06. The van der Waals surface area contributed by atoms with Gasteiger partial charge in [0.05, 0.1) is 36.8 Å². The zero-order chi connectivity index (χ0) is 43.3. The Bertz CT molecular complexity index is 2420. The van der Waals surface area contributed by atoms with Crippen molar-refractivity contribution in [3.05, 3.63) is 136 Å². The highest BCUT2D eigenvalue weighted by Gasteiger charge is 2.33. The predicted octanol–water partition coefficient (Wildman–Crippen LogP) is 5.41. The number of thioether (sulfide) groups is 1. The molecule has 0 unspecified atom stereocenters. The molecule has 2 heterocycles. The van der Waals surface area contributed by atoms with Crippen molar-refractivity contribution in [2.24, 2.45) is 21.6 Å². The van der Waals surface area contributed by atoms with Crippen LogP contribution in [0.4, 0.5) is 27.5 Å². The molecule has 2 aliphatic heterocycles. The van der Waals surface area contributed by atoms with Crippen LogP contribution >= 0.6 is 11.8 Å². The minimum atomic E-state index is -0.693. The number of nitrogens with one attached hydrogen (secondary N) is 5. The van der Waals surface area contributed by atoms with Gasteiger partial charge in [-0.3, -0.25) is 9.79 Å². The van der Waals surface area contributed by atoms with Crippen LogP contribution in [0.3, 0.4) is 0 Å². The smallest absolute Gasteiger partial charge is 0.344 e. The molecule has 4 aromatic rings. The fourth-order valence-electron chi connectivity index (χ4n) is 5.95. The molecule has 0 saturated carbocycles. The first-order chi connectivity index (χ1) is 29.5. The molecule has 17 nitrogen and oxygen atoms in total. The van der Waals surface area contributed by atoms with E-state index in [1.807, 2.05) is 30.3 Å². The van der Waals surface area contributed by atoms with Crippen molar-refractivity contribution in [3.8, 4) is 11.5 Å². The number of aliphatic hydroxyl groups is 1. The third-order valence-electron chi connectivity index (χ3n) is 8.86. The second kappa shape index (κ2) is 20.5. The van der Waals surface area contributed by atoms with E-state index in [1.54, 1.807) is 74.6 Å². The number of hydrazine groups is 1. The van der Waals surface area contributed by atoms with Gasteiger partial charge in [0.25, 0.3) is 5.91 Å². The molecular weight excluding hydrogens is 801 g/mol. The summed E-state index contributed by atoms with van der Waals surface area (Å²) in [7, 11) is 1.70. The number of hydrogen-bond acceptors (Lipinski definition) is 15. The summed E-state index contributed by atoms with van der Waals surface area (Å²) < 4.78 is 10.9. The van der Waals surface area contributed by atoms with Crippen molar-refractivity contribution in [2.45, 2.75) is 6.92 Å². The van der Waals surface area contributed by atoms with E-state index in [0.717, 1.165) is 36.3 Å². The van der Waals surface area contributed by atoms with Crippen LogP contribution in [-0.2, 0) is 9.53 Å². The summed E-state index contributed by atoms with van der Waals surface area (Å²) in [5.74, 6) is 5.56. The van der Waals surface area contributed by atoms with E-state index >= 15 is 0 Å². The Kier molecular flexibility index (Phi) is 14.5. The number of para-hydroxylation sites is 1. The van der Waals surface area contributed by atoms with Gasteiger partial charge in [0.2, 0.25) is 0 Å². The number of aliphatic imine (C=N–C) groups is 2. The molecule has 6 rings (SSSR count). The summed E-state index contributed by atoms with van der Waals surface area (Å²) in [5, 5.41) is 37.8. The van der Waals surface area contributed by atoms with Crippen LogP contribution in [0.2, 0.25) is 0 Å². The number of urea groups is 1. The Morgan fingerprint density at radius 3 is 2.44 bits per heavy atom. The number of anilines is 3. The molecule has 2 aliphatic rings. The number of esters is 1. The fraction of sp³-hybridized carbons (Fsp3) is 0.186. The number of nitrogens with zero attached hydrogens (tertiary/aromatic N) is 3. The molecule has 0 fully saturated rings. The maximum atomic E-state index is 13.1. The van der Waals surface area contributed by atoms with Crippen LogP contribution < -0.4 is 42.9 Å². The van der Waals surface area contributed by atoms with E-state index in [2.05, 4.69) is 36.6 Å². The fourth-order valence-corrected chi connectivity index (χ4v) is 6.98. The average Bonchev–Trinajstić information content (AvgIpc) is 3.89. The number of ether oxygens (including phenoxy) is 2. The molecule has 316 valence electrons. The van der Waals surface area contributed by atoms with E-state index in [9.17, 15) is 24.6 Å². The monoisotopic (exact) mass is 846 g/mol. The summed E-state index contributed by atoms with van der Waals surface area (Å²) in [6.45, 7) is 3.55. The minimum Gasteiger partial charge on any atom is -0.506 e. The molecule has 18 heteroatoms. The Morgan fingerprint density at radius 2 is 1.74 bits per heavy atom. The zero-order valence-electron chi connectivity index (χ0n) is 33.4. The molecule has 0 saturated heterocycles. The SMILES string of the molecule is CCOC(=O)C1=C(O)/C(=C/c2ccc(OCCN(N)/C=C(\N)CNC(=O)c3cc(NC)cc(NC(=O)Nc4ccc(C5=NCCN5)cc4)c3)c(O)c2)SC1=Nc1ccccc1. The number of carbonyl (C=O) groups excluding carboxylic acids is 3. The second-order valence-electron chi connectivity index (χ2n) is 13.4. The number of hydrogen-bond donors (Lipinski definition) is 9. The van der Waals surface area contributed by atoms with Crippen molar-refractivity contribution in [1.82, 2.24) is 15.6 Å². The van der Waals surface area contributed by atoms with E-state index in [0.29, 0.717) is 33.2 Å². The highest BCUT2D eigenvalue weighted by Crippen LogP contribution is 2.41. The Labute approximate surface area is 356 Å². The molecule has 0 aliphatic carbocycles. The van der Waals surface area contributed by atoms with Gasteiger partial charge in [-0.15, -0.1) is 0 Å². The first-order valence-electron chi connectivity index (χ1n) is 19.1.